The van der Waals surface area contributed by atoms with Gasteiger partial charge in [0.25, 0.3) is 0 Å². The van der Waals surface area contributed by atoms with Crippen molar-refractivity contribution in [3.05, 3.63) is 0 Å². The molecule has 2 N–H and O–H groups in total. The zero-order valence-electron chi connectivity index (χ0n) is 7.54. The van der Waals surface area contributed by atoms with Gasteiger partial charge in [-0.05, 0) is 19.3 Å². The SMILES string of the molecule is CS(=O)(=O)N[C@H]1CCCCNC1=O. The number of carbonyl (C=O) groups excluding carboxylic acids is 1. The standard InChI is InChI=1S/C7H14N2O3S/c1-13(11,12)9-6-4-2-3-5-8-7(6)10/h6,9H,2-5H2,1H3,(H,8,10)/t6-/m0/s1. The fourth-order valence-corrected chi connectivity index (χ4v) is 2.05. The maximum Gasteiger partial charge on any atom is 0.238 e. The van der Waals surface area contributed by atoms with Gasteiger partial charge in [0.1, 0.15) is 6.04 Å². The van der Waals surface area contributed by atoms with E-state index < -0.39 is 16.1 Å². The largest absolute Gasteiger partial charge is 0.355 e. The smallest absolute Gasteiger partial charge is 0.238 e. The Bertz CT molecular complexity index is 286. The van der Waals surface area contributed by atoms with Crippen LogP contribution in [0, 0.1) is 0 Å². The van der Waals surface area contributed by atoms with Crippen LogP contribution in [0.1, 0.15) is 19.3 Å². The van der Waals surface area contributed by atoms with Crippen molar-refractivity contribution in [2.45, 2.75) is 25.3 Å². The number of hydrogen-bond donors (Lipinski definition) is 2. The monoisotopic (exact) mass is 206 g/mol. The fraction of sp³-hybridized carbons (Fsp3) is 0.857. The molecular weight excluding hydrogens is 192 g/mol. The van der Waals surface area contributed by atoms with Crippen LogP contribution < -0.4 is 10.0 Å². The summed E-state index contributed by atoms with van der Waals surface area (Å²) in [6.07, 6.45) is 3.42. The molecule has 0 unspecified atom stereocenters. The summed E-state index contributed by atoms with van der Waals surface area (Å²) in [5.74, 6) is -0.220. The Morgan fingerprint density at radius 3 is 2.77 bits per heavy atom. The Morgan fingerprint density at radius 1 is 1.46 bits per heavy atom. The minimum absolute atomic E-state index is 0.220. The molecule has 0 aliphatic carbocycles. The van der Waals surface area contributed by atoms with Crippen molar-refractivity contribution in [3.63, 3.8) is 0 Å². The first kappa shape index (κ1) is 10.5. The molecule has 1 rings (SSSR count). The first-order valence-corrected chi connectivity index (χ1v) is 6.13. The highest BCUT2D eigenvalue weighted by Crippen LogP contribution is 2.05. The number of amides is 1. The van der Waals surface area contributed by atoms with Crippen molar-refractivity contribution < 1.29 is 13.2 Å². The van der Waals surface area contributed by atoms with Crippen molar-refractivity contribution in [3.8, 4) is 0 Å². The number of sulfonamides is 1. The first-order chi connectivity index (χ1) is 5.99. The summed E-state index contributed by atoms with van der Waals surface area (Å²) in [7, 11) is -3.28. The lowest BCUT2D eigenvalue weighted by molar-refractivity contribution is -0.122. The second-order valence-electron chi connectivity index (χ2n) is 3.23. The summed E-state index contributed by atoms with van der Waals surface area (Å²) in [5, 5.41) is 2.65. The highest BCUT2D eigenvalue weighted by atomic mass is 32.2. The summed E-state index contributed by atoms with van der Waals surface area (Å²) in [4.78, 5) is 11.3. The van der Waals surface area contributed by atoms with E-state index in [0.29, 0.717) is 13.0 Å². The predicted octanol–water partition coefficient (Wildman–Crippen LogP) is -0.796. The van der Waals surface area contributed by atoms with E-state index >= 15 is 0 Å². The Labute approximate surface area is 77.9 Å². The Kier molecular flexibility index (Phi) is 3.27. The lowest BCUT2D eigenvalue weighted by atomic mass is 10.1. The van der Waals surface area contributed by atoms with Gasteiger partial charge in [-0.25, -0.2) is 13.1 Å². The van der Waals surface area contributed by atoms with E-state index in [1.807, 2.05) is 0 Å². The molecular formula is C7H14N2O3S. The van der Waals surface area contributed by atoms with Crippen LogP contribution in [0.4, 0.5) is 0 Å². The Balaban J connectivity index is 2.60. The molecule has 1 saturated heterocycles. The van der Waals surface area contributed by atoms with Gasteiger partial charge in [-0.3, -0.25) is 4.79 Å². The molecule has 0 saturated carbocycles. The van der Waals surface area contributed by atoms with Crippen LogP contribution in [0.2, 0.25) is 0 Å². The van der Waals surface area contributed by atoms with Crippen molar-refractivity contribution in [1.29, 1.82) is 0 Å². The van der Waals surface area contributed by atoms with E-state index in [9.17, 15) is 13.2 Å². The molecule has 1 aliphatic rings. The summed E-state index contributed by atoms with van der Waals surface area (Å²) in [6, 6.07) is -0.586. The molecule has 0 aromatic carbocycles. The van der Waals surface area contributed by atoms with Gasteiger partial charge >= 0.3 is 0 Å². The van der Waals surface area contributed by atoms with E-state index in [-0.39, 0.29) is 5.91 Å². The maximum absolute atomic E-state index is 11.3. The molecule has 1 aliphatic heterocycles. The molecule has 6 heteroatoms. The molecule has 0 bridgehead atoms. The van der Waals surface area contributed by atoms with Gasteiger partial charge < -0.3 is 5.32 Å². The van der Waals surface area contributed by atoms with E-state index in [1.165, 1.54) is 0 Å². The molecule has 1 heterocycles. The normalized spacial score (nSPS) is 25.0. The van der Waals surface area contributed by atoms with Gasteiger partial charge in [0, 0.05) is 6.54 Å². The third-order valence-corrected chi connectivity index (χ3v) is 2.60. The van der Waals surface area contributed by atoms with Crippen molar-refractivity contribution in [2.24, 2.45) is 0 Å². The van der Waals surface area contributed by atoms with Crippen LogP contribution >= 0.6 is 0 Å². The fourth-order valence-electron chi connectivity index (χ4n) is 1.31. The molecule has 1 fully saturated rings. The van der Waals surface area contributed by atoms with Gasteiger partial charge in [0.05, 0.1) is 6.26 Å². The van der Waals surface area contributed by atoms with Crippen LogP contribution in [0.25, 0.3) is 0 Å². The average molecular weight is 206 g/mol. The third kappa shape index (κ3) is 3.73. The number of carbonyl (C=O) groups is 1. The highest BCUT2D eigenvalue weighted by Gasteiger charge is 2.22. The molecule has 0 radical (unpaired) electrons. The zero-order chi connectivity index (χ0) is 9.90. The van der Waals surface area contributed by atoms with Crippen LogP contribution in [0.3, 0.4) is 0 Å². The number of rotatable bonds is 2. The van der Waals surface area contributed by atoms with Crippen LogP contribution in [-0.4, -0.2) is 33.2 Å². The minimum atomic E-state index is -3.28. The molecule has 0 aromatic heterocycles. The molecule has 1 amide bonds. The topological polar surface area (TPSA) is 75.3 Å². The van der Waals surface area contributed by atoms with Crippen molar-refractivity contribution in [2.75, 3.05) is 12.8 Å². The molecule has 1 atom stereocenters. The number of nitrogens with one attached hydrogen (secondary N) is 2. The summed E-state index contributed by atoms with van der Waals surface area (Å²) >= 11 is 0. The highest BCUT2D eigenvalue weighted by molar-refractivity contribution is 7.88. The van der Waals surface area contributed by atoms with Gasteiger partial charge in [0.15, 0.2) is 0 Å². The summed E-state index contributed by atoms with van der Waals surface area (Å²) in [6.45, 7) is 0.640. The van der Waals surface area contributed by atoms with Crippen LogP contribution in [0.15, 0.2) is 0 Å². The third-order valence-electron chi connectivity index (χ3n) is 1.89. The quantitative estimate of drug-likeness (QED) is 0.621. The van der Waals surface area contributed by atoms with E-state index in [2.05, 4.69) is 10.0 Å². The van der Waals surface area contributed by atoms with Crippen molar-refractivity contribution in [1.82, 2.24) is 10.0 Å². The second-order valence-corrected chi connectivity index (χ2v) is 5.01. The molecule has 0 aromatic rings. The van der Waals surface area contributed by atoms with Crippen molar-refractivity contribution >= 4 is 15.9 Å². The van der Waals surface area contributed by atoms with E-state index in [4.69, 9.17) is 0 Å². The lowest BCUT2D eigenvalue weighted by Gasteiger charge is -2.12. The second kappa shape index (κ2) is 4.06. The molecule has 13 heavy (non-hydrogen) atoms. The van der Waals surface area contributed by atoms with Gasteiger partial charge in [-0.1, -0.05) is 0 Å². The average Bonchev–Trinajstić information content (AvgIpc) is 2.14. The first-order valence-electron chi connectivity index (χ1n) is 4.24. The van der Waals surface area contributed by atoms with Crippen LogP contribution in [0.5, 0.6) is 0 Å². The summed E-state index contributed by atoms with van der Waals surface area (Å²) in [5.41, 5.74) is 0. The zero-order valence-corrected chi connectivity index (χ0v) is 8.36. The Morgan fingerprint density at radius 2 is 2.15 bits per heavy atom. The minimum Gasteiger partial charge on any atom is -0.355 e. The summed E-state index contributed by atoms with van der Waals surface area (Å²) < 4.78 is 24.0. The van der Waals surface area contributed by atoms with Gasteiger partial charge in [0.2, 0.25) is 15.9 Å². The molecule has 76 valence electrons. The maximum atomic E-state index is 11.3. The number of hydrogen-bond acceptors (Lipinski definition) is 3. The lowest BCUT2D eigenvalue weighted by Crippen LogP contribution is -2.44. The molecule has 5 nitrogen and oxygen atoms in total. The van der Waals surface area contributed by atoms with Gasteiger partial charge in [-0.2, -0.15) is 0 Å². The molecule has 0 spiro atoms. The van der Waals surface area contributed by atoms with Gasteiger partial charge in [-0.15, -0.1) is 0 Å². The van der Waals surface area contributed by atoms with E-state index in [1.54, 1.807) is 0 Å². The Hall–Kier alpha value is -0.620. The van der Waals surface area contributed by atoms with E-state index in [0.717, 1.165) is 19.1 Å². The predicted molar refractivity (Wildman–Crippen MR) is 48.6 cm³/mol. The van der Waals surface area contributed by atoms with Crippen LogP contribution in [-0.2, 0) is 14.8 Å².